The zero-order valence-electron chi connectivity index (χ0n) is 10.1. The molecule has 1 aliphatic heterocycles. The molecule has 0 radical (unpaired) electrons. The van der Waals surface area contributed by atoms with Crippen LogP contribution in [0.3, 0.4) is 0 Å². The van der Waals surface area contributed by atoms with Gasteiger partial charge in [-0.2, -0.15) is 5.26 Å². The van der Waals surface area contributed by atoms with E-state index < -0.39 is 0 Å². The van der Waals surface area contributed by atoms with Gasteiger partial charge in [-0.3, -0.25) is 4.90 Å². The van der Waals surface area contributed by atoms with Crippen LogP contribution in [0.4, 0.5) is 0 Å². The Morgan fingerprint density at radius 1 is 1.00 bits per heavy atom. The fourth-order valence-electron chi connectivity index (χ4n) is 2.96. The molecule has 0 unspecified atom stereocenters. The van der Waals surface area contributed by atoms with E-state index in [0.717, 1.165) is 19.1 Å². The van der Waals surface area contributed by atoms with Gasteiger partial charge in [-0.05, 0) is 25.7 Å². The van der Waals surface area contributed by atoms with E-state index >= 15 is 0 Å². The van der Waals surface area contributed by atoms with Gasteiger partial charge >= 0.3 is 0 Å². The van der Waals surface area contributed by atoms with Crippen LogP contribution >= 0.6 is 0 Å². The summed E-state index contributed by atoms with van der Waals surface area (Å²) >= 11 is 0. The lowest BCUT2D eigenvalue weighted by Crippen LogP contribution is -2.46. The second kappa shape index (κ2) is 6.22. The second-order valence-corrected chi connectivity index (χ2v) is 5.21. The summed E-state index contributed by atoms with van der Waals surface area (Å²) in [6, 6.07) is 3.72. The summed E-state index contributed by atoms with van der Waals surface area (Å²) < 4.78 is 0. The average molecular weight is 221 g/mol. The average Bonchev–Trinajstić information content (AvgIpc) is 2.33. The van der Waals surface area contributed by atoms with Crippen LogP contribution in [0, 0.1) is 11.3 Å². The number of hydrogen-bond acceptors (Lipinski definition) is 3. The number of hydrogen-bond donors (Lipinski definition) is 1. The van der Waals surface area contributed by atoms with Crippen molar-refractivity contribution in [3.8, 4) is 6.07 Å². The van der Waals surface area contributed by atoms with Gasteiger partial charge < -0.3 is 5.32 Å². The second-order valence-electron chi connectivity index (χ2n) is 5.21. The quantitative estimate of drug-likeness (QED) is 0.740. The maximum absolute atomic E-state index is 8.64. The molecule has 90 valence electrons. The molecule has 1 aliphatic carbocycles. The van der Waals surface area contributed by atoms with Crippen LogP contribution < -0.4 is 5.32 Å². The third kappa shape index (κ3) is 3.47. The molecule has 2 aliphatic rings. The minimum absolute atomic E-state index is 0.607. The molecule has 2 fully saturated rings. The van der Waals surface area contributed by atoms with E-state index in [1.807, 2.05) is 0 Å². The maximum atomic E-state index is 8.64. The smallest absolute Gasteiger partial charge is 0.0866 e. The Labute approximate surface area is 98.8 Å². The van der Waals surface area contributed by atoms with E-state index in [2.05, 4.69) is 16.3 Å². The summed E-state index contributed by atoms with van der Waals surface area (Å²) in [6.07, 6.45) is 9.43. The molecule has 0 aromatic heterocycles. The van der Waals surface area contributed by atoms with Gasteiger partial charge in [-0.25, -0.2) is 0 Å². The van der Waals surface area contributed by atoms with E-state index in [0.29, 0.717) is 12.6 Å². The number of nitrogens with one attached hydrogen (secondary N) is 1. The zero-order valence-corrected chi connectivity index (χ0v) is 10.1. The largest absolute Gasteiger partial charge is 0.311 e. The molecule has 2 rings (SSSR count). The predicted octanol–water partition coefficient (Wildman–Crippen LogP) is 1.90. The number of nitrogens with zero attached hydrogens (tertiary/aromatic N) is 2. The first kappa shape index (κ1) is 11.9. The Kier molecular flexibility index (Phi) is 4.62. The number of rotatable bonds is 3. The molecule has 0 aromatic carbocycles. The normalized spacial score (nSPS) is 25.4. The van der Waals surface area contributed by atoms with Crippen LogP contribution in [-0.4, -0.2) is 36.6 Å². The van der Waals surface area contributed by atoms with Crippen LogP contribution in [0.5, 0.6) is 0 Å². The van der Waals surface area contributed by atoms with Crippen molar-refractivity contribution >= 4 is 0 Å². The minimum atomic E-state index is 0.607. The van der Waals surface area contributed by atoms with E-state index in [9.17, 15) is 0 Å². The standard InChI is InChI=1S/C13H23N3/c14-8-11-16-9-6-13(7-10-16)15-12-4-2-1-3-5-12/h12-13,15H,1-7,9-11H2. The van der Waals surface area contributed by atoms with Gasteiger partial charge in [0.15, 0.2) is 0 Å². The van der Waals surface area contributed by atoms with Crippen molar-refractivity contribution in [3.63, 3.8) is 0 Å². The van der Waals surface area contributed by atoms with Gasteiger partial charge in [0.1, 0.15) is 0 Å². The van der Waals surface area contributed by atoms with Crippen molar-refractivity contribution in [1.29, 1.82) is 5.26 Å². The van der Waals surface area contributed by atoms with Gasteiger partial charge in [-0.1, -0.05) is 19.3 Å². The molecule has 0 spiro atoms. The lowest BCUT2D eigenvalue weighted by molar-refractivity contribution is 0.200. The zero-order chi connectivity index (χ0) is 11.2. The van der Waals surface area contributed by atoms with Crippen LogP contribution in [0.1, 0.15) is 44.9 Å². The van der Waals surface area contributed by atoms with E-state index in [1.54, 1.807) is 0 Å². The summed E-state index contributed by atoms with van der Waals surface area (Å²) in [4.78, 5) is 2.26. The lowest BCUT2D eigenvalue weighted by Gasteiger charge is -2.34. The maximum Gasteiger partial charge on any atom is 0.0866 e. The third-order valence-corrected chi connectivity index (χ3v) is 3.96. The van der Waals surface area contributed by atoms with Gasteiger partial charge in [0, 0.05) is 25.2 Å². The first-order valence-corrected chi connectivity index (χ1v) is 6.74. The fraction of sp³-hybridized carbons (Fsp3) is 0.923. The molecule has 0 amide bonds. The van der Waals surface area contributed by atoms with Crippen LogP contribution in [-0.2, 0) is 0 Å². The van der Waals surface area contributed by atoms with Crippen molar-refractivity contribution in [2.75, 3.05) is 19.6 Å². The molecule has 3 heteroatoms. The highest BCUT2D eigenvalue weighted by molar-refractivity contribution is 4.85. The first-order valence-electron chi connectivity index (χ1n) is 6.74. The van der Waals surface area contributed by atoms with Gasteiger partial charge in [0.2, 0.25) is 0 Å². The number of nitriles is 1. The Morgan fingerprint density at radius 3 is 2.25 bits per heavy atom. The summed E-state index contributed by atoms with van der Waals surface area (Å²) in [7, 11) is 0. The number of piperidine rings is 1. The SMILES string of the molecule is N#CCN1CCC(NC2CCCCC2)CC1. The molecule has 3 nitrogen and oxygen atoms in total. The Morgan fingerprint density at radius 2 is 1.62 bits per heavy atom. The third-order valence-electron chi connectivity index (χ3n) is 3.96. The summed E-state index contributed by atoms with van der Waals surface area (Å²) in [5, 5.41) is 12.4. The van der Waals surface area contributed by atoms with Gasteiger partial charge in [0.05, 0.1) is 12.6 Å². The van der Waals surface area contributed by atoms with Gasteiger partial charge in [-0.15, -0.1) is 0 Å². The summed E-state index contributed by atoms with van der Waals surface area (Å²) in [5.74, 6) is 0. The molecule has 1 saturated heterocycles. The molecule has 1 N–H and O–H groups in total. The Balaban J connectivity index is 1.66. The highest BCUT2D eigenvalue weighted by Crippen LogP contribution is 2.20. The van der Waals surface area contributed by atoms with Crippen molar-refractivity contribution in [2.45, 2.75) is 57.0 Å². The molecule has 1 heterocycles. The Bertz CT molecular complexity index is 232. The highest BCUT2D eigenvalue weighted by Gasteiger charge is 2.22. The van der Waals surface area contributed by atoms with Crippen molar-refractivity contribution in [1.82, 2.24) is 10.2 Å². The van der Waals surface area contributed by atoms with E-state index in [-0.39, 0.29) is 0 Å². The van der Waals surface area contributed by atoms with Crippen LogP contribution in [0.15, 0.2) is 0 Å². The molecule has 16 heavy (non-hydrogen) atoms. The first-order chi connectivity index (χ1) is 7.88. The lowest BCUT2D eigenvalue weighted by atomic mass is 9.93. The summed E-state index contributed by atoms with van der Waals surface area (Å²) in [5.41, 5.74) is 0. The molecule has 1 saturated carbocycles. The van der Waals surface area contributed by atoms with E-state index in [4.69, 9.17) is 5.26 Å². The fourth-order valence-corrected chi connectivity index (χ4v) is 2.96. The van der Waals surface area contributed by atoms with E-state index in [1.165, 1.54) is 44.9 Å². The number of likely N-dealkylation sites (tertiary alicyclic amines) is 1. The minimum Gasteiger partial charge on any atom is -0.311 e. The van der Waals surface area contributed by atoms with Crippen molar-refractivity contribution in [2.24, 2.45) is 0 Å². The van der Waals surface area contributed by atoms with Crippen LogP contribution in [0.25, 0.3) is 0 Å². The van der Waals surface area contributed by atoms with Crippen molar-refractivity contribution < 1.29 is 0 Å². The van der Waals surface area contributed by atoms with Crippen molar-refractivity contribution in [3.05, 3.63) is 0 Å². The molecular weight excluding hydrogens is 198 g/mol. The molecule has 0 bridgehead atoms. The highest BCUT2D eigenvalue weighted by atomic mass is 15.1. The monoisotopic (exact) mass is 221 g/mol. The molecule has 0 atom stereocenters. The predicted molar refractivity (Wildman–Crippen MR) is 65.1 cm³/mol. The topological polar surface area (TPSA) is 39.1 Å². The molecular formula is C13H23N3. The van der Waals surface area contributed by atoms with Gasteiger partial charge in [0.25, 0.3) is 0 Å². The van der Waals surface area contributed by atoms with Crippen LogP contribution in [0.2, 0.25) is 0 Å². The summed E-state index contributed by atoms with van der Waals surface area (Å²) in [6.45, 7) is 2.80. The Hall–Kier alpha value is -0.590. The molecule has 0 aromatic rings.